The van der Waals surface area contributed by atoms with Gasteiger partial charge in [-0.3, -0.25) is 0 Å². The highest BCUT2D eigenvalue weighted by Gasteiger charge is 2.12. The van der Waals surface area contributed by atoms with E-state index in [1.54, 1.807) is 0 Å². The Bertz CT molecular complexity index is 1040. The molecular weight excluding hydrogens is 302 g/mol. The van der Waals surface area contributed by atoms with E-state index in [1.807, 2.05) is 66.6 Å². The first-order valence-electron chi connectivity index (χ1n) is 7.50. The minimum absolute atomic E-state index is 0.0403. The Balaban J connectivity index is 1.71. The molecule has 24 heavy (non-hydrogen) atoms. The molecule has 0 amide bonds. The molecule has 1 aliphatic rings. The lowest BCUT2D eigenvalue weighted by Gasteiger charge is -2.15. The maximum atomic E-state index is 10.1. The van der Waals surface area contributed by atoms with E-state index in [0.717, 1.165) is 22.0 Å². The molecule has 0 unspecified atom stereocenters. The number of hydrogen-bond acceptors (Lipinski definition) is 5. The molecule has 1 aromatic heterocycles. The van der Waals surface area contributed by atoms with Crippen molar-refractivity contribution in [1.29, 1.82) is 0 Å². The first-order chi connectivity index (χ1) is 11.7. The van der Waals surface area contributed by atoms with E-state index >= 15 is 0 Å². The van der Waals surface area contributed by atoms with Crippen molar-refractivity contribution in [2.75, 3.05) is 11.9 Å². The zero-order valence-electron chi connectivity index (χ0n) is 13.0. The lowest BCUT2D eigenvalue weighted by Crippen LogP contribution is -2.11. The van der Waals surface area contributed by atoms with E-state index in [4.69, 9.17) is 0 Å². The van der Waals surface area contributed by atoms with Crippen molar-refractivity contribution >= 4 is 29.7 Å². The molecule has 2 N–H and O–H groups in total. The van der Waals surface area contributed by atoms with Crippen molar-refractivity contribution in [2.24, 2.45) is 9.98 Å². The van der Waals surface area contributed by atoms with Gasteiger partial charge in [-0.2, -0.15) is 4.98 Å². The van der Waals surface area contributed by atoms with Gasteiger partial charge in [0.05, 0.1) is 11.0 Å². The number of anilines is 2. The minimum Gasteiger partial charge on any atom is -0.492 e. The molecule has 0 saturated heterocycles. The zero-order chi connectivity index (χ0) is 16.5. The van der Waals surface area contributed by atoms with Gasteiger partial charge in [-0.25, -0.2) is 9.98 Å². The van der Waals surface area contributed by atoms with Crippen LogP contribution in [0.5, 0.6) is 5.88 Å². The van der Waals surface area contributed by atoms with Gasteiger partial charge in [0, 0.05) is 12.7 Å². The molecule has 0 fully saturated rings. The molecule has 1 aliphatic heterocycles. The molecule has 4 rings (SSSR count). The molecule has 6 heteroatoms. The van der Waals surface area contributed by atoms with Crippen molar-refractivity contribution in [1.82, 2.24) is 9.97 Å². The number of imidazole rings is 1. The summed E-state index contributed by atoms with van der Waals surface area (Å²) < 4.78 is 0. The normalized spacial score (nSPS) is 13.0. The monoisotopic (exact) mass is 317 g/mol. The number of rotatable bonds is 3. The van der Waals surface area contributed by atoms with Crippen molar-refractivity contribution in [2.45, 2.75) is 0 Å². The molecule has 118 valence electrons. The minimum atomic E-state index is -0.0403. The van der Waals surface area contributed by atoms with Gasteiger partial charge in [0.15, 0.2) is 0 Å². The second-order valence-electron chi connectivity index (χ2n) is 5.46. The average Bonchev–Trinajstić information content (AvgIpc) is 3.21. The number of aliphatic imine (C=N–C) groups is 1. The van der Waals surface area contributed by atoms with Crippen LogP contribution in [0.2, 0.25) is 0 Å². The van der Waals surface area contributed by atoms with Crippen molar-refractivity contribution < 1.29 is 5.11 Å². The Morgan fingerprint density at radius 3 is 2.79 bits per heavy atom. The number of fused-ring (bicyclic) bond motifs is 1. The van der Waals surface area contributed by atoms with Crippen LogP contribution in [0, 0.1) is 0 Å². The summed E-state index contributed by atoms with van der Waals surface area (Å²) in [7, 11) is 1.89. The molecule has 0 aliphatic carbocycles. The van der Waals surface area contributed by atoms with Gasteiger partial charge < -0.3 is 15.0 Å². The summed E-state index contributed by atoms with van der Waals surface area (Å²) in [5.74, 6) is 0.528. The summed E-state index contributed by atoms with van der Waals surface area (Å²) in [6, 6.07) is 15.6. The highest BCUT2D eigenvalue weighted by molar-refractivity contribution is 5.67. The number of nitrogens with one attached hydrogen (secondary N) is 1. The van der Waals surface area contributed by atoms with Gasteiger partial charge in [-0.15, -0.1) is 0 Å². The highest BCUT2D eigenvalue weighted by atomic mass is 16.3. The fourth-order valence-corrected chi connectivity index (χ4v) is 2.56. The number of aromatic hydroxyl groups is 1. The smallest absolute Gasteiger partial charge is 0.238 e. The second-order valence-corrected chi connectivity index (χ2v) is 5.46. The van der Waals surface area contributed by atoms with Gasteiger partial charge in [-0.1, -0.05) is 24.3 Å². The van der Waals surface area contributed by atoms with Crippen molar-refractivity contribution in [3.8, 4) is 5.88 Å². The summed E-state index contributed by atoms with van der Waals surface area (Å²) in [5, 5.41) is 11.9. The fourth-order valence-electron chi connectivity index (χ4n) is 2.56. The van der Waals surface area contributed by atoms with E-state index in [0.29, 0.717) is 11.6 Å². The Labute approximate surface area is 138 Å². The van der Waals surface area contributed by atoms with Gasteiger partial charge in [0.2, 0.25) is 11.8 Å². The van der Waals surface area contributed by atoms with Gasteiger partial charge in [-0.05, 0) is 35.6 Å². The Morgan fingerprint density at radius 1 is 1.12 bits per heavy atom. The average molecular weight is 317 g/mol. The van der Waals surface area contributed by atoms with Crippen LogP contribution < -0.4 is 15.5 Å². The topological polar surface area (TPSA) is 76.9 Å². The Hall–Kier alpha value is -3.41. The Morgan fingerprint density at radius 2 is 1.96 bits per heavy atom. The van der Waals surface area contributed by atoms with E-state index in [2.05, 4.69) is 20.0 Å². The number of benzene rings is 2. The first-order valence-corrected chi connectivity index (χ1v) is 7.50. The van der Waals surface area contributed by atoms with Gasteiger partial charge in [0.25, 0.3) is 0 Å². The summed E-state index contributed by atoms with van der Waals surface area (Å²) in [6.07, 6.45) is 3.37. The van der Waals surface area contributed by atoms with Crippen LogP contribution in [0.25, 0.3) is 6.08 Å². The fraction of sp³-hybridized carbons (Fsp3) is 0.0556. The summed E-state index contributed by atoms with van der Waals surface area (Å²) in [4.78, 5) is 17.6. The van der Waals surface area contributed by atoms with Crippen LogP contribution in [-0.4, -0.2) is 28.5 Å². The number of hydrogen-bond donors (Lipinski definition) is 2. The predicted octanol–water partition coefficient (Wildman–Crippen LogP) is 2.00. The lowest BCUT2D eigenvalue weighted by molar-refractivity contribution is 0.455. The third-order valence-electron chi connectivity index (χ3n) is 3.86. The molecule has 2 heterocycles. The van der Waals surface area contributed by atoms with E-state index < -0.39 is 0 Å². The number of aromatic amines is 1. The predicted molar refractivity (Wildman–Crippen MR) is 93.7 cm³/mol. The highest BCUT2D eigenvalue weighted by Crippen LogP contribution is 2.24. The Kier molecular flexibility index (Phi) is 3.35. The van der Waals surface area contributed by atoms with Crippen LogP contribution in [0.3, 0.4) is 0 Å². The first kappa shape index (κ1) is 14.2. The van der Waals surface area contributed by atoms with Crippen molar-refractivity contribution in [3.05, 3.63) is 64.8 Å². The van der Waals surface area contributed by atoms with Crippen LogP contribution >= 0.6 is 0 Å². The van der Waals surface area contributed by atoms with E-state index in [1.165, 1.54) is 6.34 Å². The molecule has 0 saturated carbocycles. The number of nitrogens with zero attached hydrogens (tertiary/aromatic N) is 4. The van der Waals surface area contributed by atoms with E-state index in [9.17, 15) is 5.11 Å². The molecule has 6 nitrogen and oxygen atoms in total. The van der Waals surface area contributed by atoms with Crippen LogP contribution in [0.4, 0.5) is 17.3 Å². The summed E-state index contributed by atoms with van der Waals surface area (Å²) in [5.41, 5.74) is 2.35. The van der Waals surface area contributed by atoms with Gasteiger partial charge in [0.1, 0.15) is 12.0 Å². The number of para-hydroxylation sites is 1. The summed E-state index contributed by atoms with van der Waals surface area (Å²) in [6.45, 7) is 0. The molecule has 0 bridgehead atoms. The molecule has 0 atom stereocenters. The van der Waals surface area contributed by atoms with Crippen LogP contribution in [0.15, 0.2) is 58.5 Å². The molecule has 3 aromatic rings. The molecule has 0 radical (unpaired) electrons. The van der Waals surface area contributed by atoms with Crippen LogP contribution in [-0.2, 0) is 0 Å². The standard InChI is InChI=1S/C18H15N5O/c1-23(13-5-3-2-4-6-13)18-21-16(17(24)22-18)10-12-7-8-14-15(9-12)20-11-19-14/h2-11,24H,1H3,(H,21,22)/b12-10+. The third kappa shape index (κ3) is 2.54. The SMILES string of the molecule is CN(c1ccccc1)c1nc(O)c(/C=c2\ccc3c(c2)N=CN=3)[nH]1. The lowest BCUT2D eigenvalue weighted by atomic mass is 10.2. The van der Waals surface area contributed by atoms with E-state index in [-0.39, 0.29) is 5.88 Å². The third-order valence-corrected chi connectivity index (χ3v) is 3.86. The molecule has 0 spiro atoms. The zero-order valence-corrected chi connectivity index (χ0v) is 13.0. The quantitative estimate of drug-likeness (QED) is 0.776. The van der Waals surface area contributed by atoms with Gasteiger partial charge >= 0.3 is 0 Å². The van der Waals surface area contributed by atoms with Crippen LogP contribution in [0.1, 0.15) is 5.69 Å². The largest absolute Gasteiger partial charge is 0.492 e. The number of H-pyrrole nitrogens is 1. The summed E-state index contributed by atoms with van der Waals surface area (Å²) >= 11 is 0. The number of aromatic nitrogens is 2. The van der Waals surface area contributed by atoms with Crippen molar-refractivity contribution in [3.63, 3.8) is 0 Å². The second kappa shape index (κ2) is 5.66. The maximum absolute atomic E-state index is 10.1. The maximum Gasteiger partial charge on any atom is 0.238 e. The molecular formula is C18H15N5O. The molecule has 2 aromatic carbocycles.